The third-order valence-electron chi connectivity index (χ3n) is 6.22. The minimum Gasteiger partial charge on any atom is -0.479 e. The number of aliphatic hydroxyl groups is 1. The lowest BCUT2D eigenvalue weighted by Gasteiger charge is -2.17. The fourth-order valence-corrected chi connectivity index (χ4v) is 4.59. The van der Waals surface area contributed by atoms with E-state index in [9.17, 15) is 19.5 Å². The summed E-state index contributed by atoms with van der Waals surface area (Å²) in [4.78, 5) is 35.2. The lowest BCUT2D eigenvalue weighted by atomic mass is 9.98. The lowest BCUT2D eigenvalue weighted by Crippen LogP contribution is -2.39. The Hall–Kier alpha value is -3.39. The van der Waals surface area contributed by atoms with Crippen LogP contribution < -0.4 is 10.6 Å². The van der Waals surface area contributed by atoms with Gasteiger partial charge in [-0.2, -0.15) is 0 Å². The van der Waals surface area contributed by atoms with Crippen molar-refractivity contribution in [2.75, 3.05) is 13.2 Å². The molecule has 8 heteroatoms. The Morgan fingerprint density at radius 2 is 1.62 bits per heavy atom. The van der Waals surface area contributed by atoms with E-state index < -0.39 is 18.2 Å². The molecule has 0 saturated heterocycles. The zero-order chi connectivity index (χ0) is 22.7. The Morgan fingerprint density at radius 1 is 1.00 bits per heavy atom. The number of aliphatic carboxylic acids is 1. The molecule has 3 atom stereocenters. The van der Waals surface area contributed by atoms with E-state index in [1.807, 2.05) is 24.3 Å². The first-order valence-electron chi connectivity index (χ1n) is 10.7. The second-order valence-electron chi connectivity index (χ2n) is 8.28. The van der Waals surface area contributed by atoms with Crippen molar-refractivity contribution in [3.8, 4) is 11.1 Å². The summed E-state index contributed by atoms with van der Waals surface area (Å²) in [5, 5.41) is 23.2. The number of fused-ring (bicyclic) bond motifs is 3. The SMILES string of the molecule is O=C(N[C@H]1CC[C@@H](C(=O)NCC(O)C(=O)O)C1)OCC1c2ccccc2-c2ccccc21. The van der Waals surface area contributed by atoms with E-state index in [0.717, 1.165) is 22.3 Å². The average Bonchev–Trinajstić information content (AvgIpc) is 3.38. The second-order valence-corrected chi connectivity index (χ2v) is 8.28. The molecule has 0 aromatic heterocycles. The molecular formula is C24H26N2O6. The van der Waals surface area contributed by atoms with Crippen molar-refractivity contribution in [1.29, 1.82) is 0 Å². The van der Waals surface area contributed by atoms with Crippen LogP contribution in [0, 0.1) is 5.92 Å². The highest BCUT2D eigenvalue weighted by molar-refractivity contribution is 5.81. The maximum Gasteiger partial charge on any atom is 0.407 e. The number of alkyl carbamates (subject to hydrolysis) is 1. The maximum atomic E-state index is 12.4. The van der Waals surface area contributed by atoms with Gasteiger partial charge in [0.2, 0.25) is 5.91 Å². The second kappa shape index (κ2) is 9.40. The van der Waals surface area contributed by atoms with Crippen molar-refractivity contribution in [2.45, 2.75) is 37.3 Å². The van der Waals surface area contributed by atoms with E-state index >= 15 is 0 Å². The summed E-state index contributed by atoms with van der Waals surface area (Å²) in [7, 11) is 0. The predicted octanol–water partition coefficient (Wildman–Crippen LogP) is 2.26. The smallest absolute Gasteiger partial charge is 0.407 e. The number of carboxylic acid groups (broad SMARTS) is 1. The number of rotatable bonds is 7. The van der Waals surface area contributed by atoms with Gasteiger partial charge in [-0.3, -0.25) is 4.79 Å². The number of carbonyl (C=O) groups is 3. The molecule has 2 aromatic rings. The summed E-state index contributed by atoms with van der Waals surface area (Å²) >= 11 is 0. The molecule has 2 amide bonds. The van der Waals surface area contributed by atoms with Gasteiger partial charge in [-0.25, -0.2) is 9.59 Å². The normalized spacial score (nSPS) is 20.2. The van der Waals surface area contributed by atoms with Gasteiger partial charge < -0.3 is 25.6 Å². The quantitative estimate of drug-likeness (QED) is 0.526. The molecule has 0 spiro atoms. The first kappa shape index (κ1) is 21.8. The van der Waals surface area contributed by atoms with Crippen LogP contribution in [0.25, 0.3) is 11.1 Å². The lowest BCUT2D eigenvalue weighted by molar-refractivity contribution is -0.146. The third kappa shape index (κ3) is 4.60. The van der Waals surface area contributed by atoms with E-state index in [1.54, 1.807) is 0 Å². The summed E-state index contributed by atoms with van der Waals surface area (Å²) in [6.45, 7) is -0.112. The number of hydrogen-bond acceptors (Lipinski definition) is 5. The van der Waals surface area contributed by atoms with Gasteiger partial charge in [-0.1, -0.05) is 48.5 Å². The van der Waals surface area contributed by atoms with E-state index in [2.05, 4.69) is 34.9 Å². The molecule has 2 aliphatic carbocycles. The molecule has 0 bridgehead atoms. The van der Waals surface area contributed by atoms with Crippen LogP contribution in [0.3, 0.4) is 0 Å². The number of benzene rings is 2. The maximum absolute atomic E-state index is 12.4. The zero-order valence-electron chi connectivity index (χ0n) is 17.5. The monoisotopic (exact) mass is 438 g/mol. The van der Waals surface area contributed by atoms with Gasteiger partial charge in [0.1, 0.15) is 6.61 Å². The molecule has 2 aliphatic rings. The number of nitrogens with one attached hydrogen (secondary N) is 2. The van der Waals surface area contributed by atoms with Crippen LogP contribution in [-0.2, 0) is 14.3 Å². The Balaban J connectivity index is 1.27. The number of ether oxygens (including phenoxy) is 1. The minimum absolute atomic E-state index is 0.0177. The summed E-state index contributed by atoms with van der Waals surface area (Å²) in [6, 6.07) is 16.0. The number of carbonyl (C=O) groups excluding carboxylic acids is 2. The van der Waals surface area contributed by atoms with Crippen LogP contribution in [0.1, 0.15) is 36.3 Å². The van der Waals surface area contributed by atoms with Crippen molar-refractivity contribution in [3.63, 3.8) is 0 Å². The van der Waals surface area contributed by atoms with Gasteiger partial charge in [0.15, 0.2) is 6.10 Å². The fraction of sp³-hybridized carbons (Fsp3) is 0.375. The molecule has 1 fully saturated rings. The molecular weight excluding hydrogens is 412 g/mol. The molecule has 32 heavy (non-hydrogen) atoms. The van der Waals surface area contributed by atoms with Gasteiger partial charge in [-0.05, 0) is 41.5 Å². The Kier molecular flexibility index (Phi) is 6.41. The zero-order valence-corrected chi connectivity index (χ0v) is 17.5. The molecule has 168 valence electrons. The summed E-state index contributed by atoms with van der Waals surface area (Å²) < 4.78 is 5.55. The van der Waals surface area contributed by atoms with Gasteiger partial charge in [0, 0.05) is 17.9 Å². The minimum atomic E-state index is -1.63. The Bertz CT molecular complexity index is 978. The summed E-state index contributed by atoms with van der Waals surface area (Å²) in [5.74, 6) is -2.06. The van der Waals surface area contributed by atoms with Crippen LogP contribution >= 0.6 is 0 Å². The molecule has 0 heterocycles. The summed E-state index contributed by atoms with van der Waals surface area (Å²) in [5.41, 5.74) is 4.61. The van der Waals surface area contributed by atoms with Gasteiger partial charge in [0.25, 0.3) is 0 Å². The third-order valence-corrected chi connectivity index (χ3v) is 6.22. The number of amides is 2. The van der Waals surface area contributed by atoms with E-state index in [1.165, 1.54) is 0 Å². The standard InChI is InChI=1S/C24H26N2O6/c27-21(23(29)30)12-25-22(28)14-9-10-15(11-14)26-24(31)32-13-20-18-7-3-1-5-16(18)17-6-2-4-8-19(17)20/h1-8,14-15,20-21,27H,9-13H2,(H,25,28)(H,26,31)(H,29,30)/t14-,15+,21?/m1/s1. The molecule has 4 N–H and O–H groups in total. The van der Waals surface area contributed by atoms with Crippen molar-refractivity contribution in [1.82, 2.24) is 10.6 Å². The van der Waals surface area contributed by atoms with Crippen molar-refractivity contribution >= 4 is 18.0 Å². The van der Waals surface area contributed by atoms with Crippen molar-refractivity contribution in [2.24, 2.45) is 5.92 Å². The van der Waals surface area contributed by atoms with Crippen molar-refractivity contribution < 1.29 is 29.3 Å². The van der Waals surface area contributed by atoms with E-state index in [4.69, 9.17) is 9.84 Å². The molecule has 0 aliphatic heterocycles. The first-order valence-corrected chi connectivity index (χ1v) is 10.7. The number of hydrogen-bond donors (Lipinski definition) is 4. The number of aliphatic hydroxyl groups excluding tert-OH is 1. The largest absolute Gasteiger partial charge is 0.479 e. The topological polar surface area (TPSA) is 125 Å². The van der Waals surface area contributed by atoms with Gasteiger partial charge >= 0.3 is 12.1 Å². The molecule has 1 unspecified atom stereocenters. The molecule has 1 saturated carbocycles. The Labute approximate surface area is 185 Å². The van der Waals surface area contributed by atoms with Crippen LogP contribution in [-0.4, -0.2) is 53.5 Å². The highest BCUT2D eigenvalue weighted by Gasteiger charge is 2.33. The van der Waals surface area contributed by atoms with E-state index in [-0.39, 0.29) is 36.9 Å². The first-order chi connectivity index (χ1) is 15.4. The average molecular weight is 438 g/mol. The summed E-state index contributed by atoms with van der Waals surface area (Å²) in [6.07, 6.45) is -0.499. The highest BCUT2D eigenvalue weighted by atomic mass is 16.5. The molecule has 8 nitrogen and oxygen atoms in total. The molecule has 2 aromatic carbocycles. The van der Waals surface area contributed by atoms with E-state index in [0.29, 0.717) is 19.3 Å². The highest BCUT2D eigenvalue weighted by Crippen LogP contribution is 2.44. The number of carboxylic acids is 1. The Morgan fingerprint density at radius 3 is 2.25 bits per heavy atom. The van der Waals surface area contributed by atoms with Gasteiger partial charge in [-0.15, -0.1) is 0 Å². The van der Waals surface area contributed by atoms with Crippen LogP contribution in [0.15, 0.2) is 48.5 Å². The van der Waals surface area contributed by atoms with Crippen LogP contribution in [0.5, 0.6) is 0 Å². The van der Waals surface area contributed by atoms with Crippen LogP contribution in [0.2, 0.25) is 0 Å². The molecule has 4 rings (SSSR count). The van der Waals surface area contributed by atoms with Crippen LogP contribution in [0.4, 0.5) is 4.79 Å². The van der Waals surface area contributed by atoms with Crippen molar-refractivity contribution in [3.05, 3.63) is 59.7 Å². The predicted molar refractivity (Wildman–Crippen MR) is 116 cm³/mol. The van der Waals surface area contributed by atoms with Gasteiger partial charge in [0.05, 0.1) is 6.54 Å². The fourth-order valence-electron chi connectivity index (χ4n) is 4.59. The molecule has 0 radical (unpaired) electrons.